The Morgan fingerprint density at radius 1 is 1.06 bits per heavy atom. The number of hydrogen-bond acceptors (Lipinski definition) is 3. The van der Waals surface area contributed by atoms with E-state index >= 15 is 0 Å². The molecule has 0 unspecified atom stereocenters. The van der Waals surface area contributed by atoms with E-state index in [0.717, 1.165) is 21.2 Å². The number of hydrogen-bond donors (Lipinski definition) is 2. The van der Waals surface area contributed by atoms with Crippen molar-refractivity contribution < 1.29 is 5.11 Å². The van der Waals surface area contributed by atoms with Crippen LogP contribution in [0.3, 0.4) is 0 Å². The molecule has 0 saturated carbocycles. The zero-order valence-electron chi connectivity index (χ0n) is 9.23. The van der Waals surface area contributed by atoms with Gasteiger partial charge in [-0.15, -0.1) is 23.7 Å². The summed E-state index contributed by atoms with van der Waals surface area (Å²) in [5.74, 6) is 0.345. The third-order valence-corrected chi connectivity index (χ3v) is 3.92. The largest absolute Gasteiger partial charge is 0.505 e. The van der Waals surface area contributed by atoms with Gasteiger partial charge in [0.25, 0.3) is 0 Å². The van der Waals surface area contributed by atoms with E-state index < -0.39 is 0 Å². The van der Waals surface area contributed by atoms with Crippen molar-refractivity contribution >= 4 is 49.6 Å². The van der Waals surface area contributed by atoms with Crippen LogP contribution in [0.2, 0.25) is 0 Å². The highest BCUT2D eigenvalue weighted by molar-refractivity contribution is 7.25. The van der Waals surface area contributed by atoms with Crippen LogP contribution in [0.25, 0.3) is 20.2 Å². The van der Waals surface area contributed by atoms with Gasteiger partial charge in [0, 0.05) is 27.2 Å². The quantitative estimate of drug-likeness (QED) is 0.646. The van der Waals surface area contributed by atoms with Gasteiger partial charge in [0.15, 0.2) is 0 Å². The van der Waals surface area contributed by atoms with Crippen LogP contribution in [0.15, 0.2) is 36.4 Å². The summed E-state index contributed by atoms with van der Waals surface area (Å²) in [5.41, 5.74) is 0.774. The van der Waals surface area contributed by atoms with E-state index in [0.29, 0.717) is 5.75 Å². The summed E-state index contributed by atoms with van der Waals surface area (Å²) in [4.78, 5) is 0. The number of halogens is 1. The number of fused-ring (bicyclic) bond motifs is 3. The summed E-state index contributed by atoms with van der Waals surface area (Å²) >= 11 is 1.71. The Labute approximate surface area is 109 Å². The van der Waals surface area contributed by atoms with Crippen molar-refractivity contribution in [1.82, 2.24) is 0 Å². The Balaban J connectivity index is 0.00000108. The molecule has 3 aromatic rings. The number of aromatic hydroxyl groups is 1. The lowest BCUT2D eigenvalue weighted by atomic mass is 10.1. The maximum atomic E-state index is 10.2. The SMILES string of the molecule is CNc1ccc2sc3ccccc3c2c1O.Cl. The molecule has 0 bridgehead atoms. The van der Waals surface area contributed by atoms with Gasteiger partial charge in [-0.3, -0.25) is 0 Å². The molecule has 0 saturated heterocycles. The van der Waals surface area contributed by atoms with Crippen LogP contribution >= 0.6 is 23.7 Å². The van der Waals surface area contributed by atoms with E-state index in [1.54, 1.807) is 11.3 Å². The summed E-state index contributed by atoms with van der Waals surface area (Å²) in [6, 6.07) is 12.1. The number of thiophene rings is 1. The molecule has 17 heavy (non-hydrogen) atoms. The summed E-state index contributed by atoms with van der Waals surface area (Å²) in [5, 5.41) is 15.3. The topological polar surface area (TPSA) is 32.3 Å². The van der Waals surface area contributed by atoms with E-state index in [2.05, 4.69) is 11.4 Å². The molecule has 1 aromatic heterocycles. The number of anilines is 1. The number of benzene rings is 2. The maximum absolute atomic E-state index is 10.2. The van der Waals surface area contributed by atoms with Crippen LogP contribution in [0.5, 0.6) is 5.75 Å². The predicted molar refractivity (Wildman–Crippen MR) is 77.8 cm³/mol. The average Bonchev–Trinajstić information content (AvgIpc) is 2.68. The fourth-order valence-electron chi connectivity index (χ4n) is 2.00. The molecule has 0 atom stereocenters. The van der Waals surface area contributed by atoms with Crippen molar-refractivity contribution in [3.05, 3.63) is 36.4 Å². The van der Waals surface area contributed by atoms with Crippen molar-refractivity contribution in [1.29, 1.82) is 0 Å². The van der Waals surface area contributed by atoms with E-state index in [1.807, 2.05) is 37.4 Å². The number of phenolic OH excluding ortho intramolecular Hbond substituents is 1. The molecule has 0 radical (unpaired) electrons. The van der Waals surface area contributed by atoms with Gasteiger partial charge < -0.3 is 10.4 Å². The first-order valence-electron chi connectivity index (χ1n) is 5.12. The van der Waals surface area contributed by atoms with E-state index in [9.17, 15) is 5.11 Å². The van der Waals surface area contributed by atoms with Crippen LogP contribution in [-0.4, -0.2) is 12.2 Å². The van der Waals surface area contributed by atoms with Gasteiger partial charge >= 0.3 is 0 Å². The molecule has 0 aliphatic heterocycles. The lowest BCUT2D eigenvalue weighted by molar-refractivity contribution is 0.484. The molecule has 0 amide bonds. The molecule has 88 valence electrons. The average molecular weight is 266 g/mol. The fourth-order valence-corrected chi connectivity index (χ4v) is 3.11. The Hall–Kier alpha value is -1.45. The van der Waals surface area contributed by atoms with Crippen LogP contribution < -0.4 is 5.32 Å². The molecule has 0 aliphatic rings. The van der Waals surface area contributed by atoms with Gasteiger partial charge in [-0.05, 0) is 18.2 Å². The summed E-state index contributed by atoms with van der Waals surface area (Å²) < 4.78 is 2.33. The zero-order chi connectivity index (χ0) is 11.1. The molecule has 2 N–H and O–H groups in total. The van der Waals surface area contributed by atoms with Gasteiger partial charge in [-0.25, -0.2) is 0 Å². The second-order valence-corrected chi connectivity index (χ2v) is 4.77. The molecule has 2 nitrogen and oxygen atoms in total. The van der Waals surface area contributed by atoms with Crippen LogP contribution in [0.4, 0.5) is 5.69 Å². The molecular weight excluding hydrogens is 254 g/mol. The highest BCUT2D eigenvalue weighted by Crippen LogP contribution is 2.42. The summed E-state index contributed by atoms with van der Waals surface area (Å²) in [6.07, 6.45) is 0. The van der Waals surface area contributed by atoms with Gasteiger partial charge in [-0.1, -0.05) is 18.2 Å². The summed E-state index contributed by atoms with van der Waals surface area (Å²) in [7, 11) is 1.81. The highest BCUT2D eigenvalue weighted by Gasteiger charge is 2.11. The minimum absolute atomic E-state index is 0. The predicted octanol–water partition coefficient (Wildman–Crippen LogP) is 4.22. The monoisotopic (exact) mass is 265 g/mol. The maximum Gasteiger partial charge on any atom is 0.147 e. The second kappa shape index (κ2) is 4.43. The van der Waals surface area contributed by atoms with Crippen molar-refractivity contribution in [3.8, 4) is 5.75 Å². The number of phenols is 1. The van der Waals surface area contributed by atoms with Crippen LogP contribution in [0.1, 0.15) is 0 Å². The van der Waals surface area contributed by atoms with Crippen LogP contribution in [-0.2, 0) is 0 Å². The van der Waals surface area contributed by atoms with Crippen LogP contribution in [0, 0.1) is 0 Å². The standard InChI is InChI=1S/C13H11NOS.ClH/c1-14-9-6-7-11-12(13(9)15)8-4-2-3-5-10(8)16-11;/h2-7,14-15H,1H3;1H. The first-order valence-corrected chi connectivity index (χ1v) is 5.94. The molecular formula is C13H12ClNOS. The van der Waals surface area contributed by atoms with Gasteiger partial charge in [0.2, 0.25) is 0 Å². The normalized spacial score (nSPS) is 10.4. The molecule has 0 aliphatic carbocycles. The minimum Gasteiger partial charge on any atom is -0.505 e. The van der Waals surface area contributed by atoms with E-state index in [4.69, 9.17) is 0 Å². The minimum atomic E-state index is 0. The third kappa shape index (κ3) is 1.72. The lowest BCUT2D eigenvalue weighted by Crippen LogP contribution is -1.87. The lowest BCUT2D eigenvalue weighted by Gasteiger charge is -2.04. The molecule has 4 heteroatoms. The van der Waals surface area contributed by atoms with E-state index in [1.165, 1.54) is 4.70 Å². The fraction of sp³-hybridized carbons (Fsp3) is 0.0769. The smallest absolute Gasteiger partial charge is 0.147 e. The first-order chi connectivity index (χ1) is 7.81. The second-order valence-electron chi connectivity index (χ2n) is 3.68. The van der Waals surface area contributed by atoms with Crippen molar-refractivity contribution in [2.45, 2.75) is 0 Å². The Morgan fingerprint density at radius 3 is 2.59 bits per heavy atom. The molecule has 3 rings (SSSR count). The third-order valence-electron chi connectivity index (χ3n) is 2.79. The Bertz CT molecular complexity index is 678. The first kappa shape index (κ1) is 12.0. The zero-order valence-corrected chi connectivity index (χ0v) is 10.9. The molecule has 0 fully saturated rings. The highest BCUT2D eigenvalue weighted by atomic mass is 35.5. The van der Waals surface area contributed by atoms with Crippen molar-refractivity contribution in [2.24, 2.45) is 0 Å². The van der Waals surface area contributed by atoms with Gasteiger partial charge in [0.1, 0.15) is 5.75 Å². The van der Waals surface area contributed by atoms with Crippen molar-refractivity contribution in [2.75, 3.05) is 12.4 Å². The van der Waals surface area contributed by atoms with Gasteiger partial charge in [-0.2, -0.15) is 0 Å². The van der Waals surface area contributed by atoms with Gasteiger partial charge in [0.05, 0.1) is 5.69 Å². The van der Waals surface area contributed by atoms with E-state index in [-0.39, 0.29) is 12.4 Å². The summed E-state index contributed by atoms with van der Waals surface area (Å²) in [6.45, 7) is 0. The Kier molecular flexibility index (Phi) is 3.13. The molecule has 2 aromatic carbocycles. The number of nitrogens with one attached hydrogen (secondary N) is 1. The number of rotatable bonds is 1. The molecule has 0 spiro atoms. The van der Waals surface area contributed by atoms with Crippen molar-refractivity contribution in [3.63, 3.8) is 0 Å². The Morgan fingerprint density at radius 2 is 1.82 bits per heavy atom. The molecule has 1 heterocycles.